The largest absolute Gasteiger partial charge is 0.310 e. The Hall–Kier alpha value is -0.380. The first kappa shape index (κ1) is 14.0. The lowest BCUT2D eigenvalue weighted by Crippen LogP contribution is -2.21. The Kier molecular flexibility index (Phi) is 4.82. The van der Waals surface area contributed by atoms with Crippen LogP contribution in [0.4, 0.5) is 0 Å². The molecule has 0 atom stereocenters. The number of hydrogen-bond acceptors (Lipinski definition) is 3. The van der Waals surface area contributed by atoms with Crippen molar-refractivity contribution in [1.29, 1.82) is 0 Å². The summed E-state index contributed by atoms with van der Waals surface area (Å²) in [6, 6.07) is 2.95. The molecule has 1 aliphatic carbocycles. The van der Waals surface area contributed by atoms with Gasteiger partial charge in [-0.15, -0.1) is 11.3 Å². The van der Waals surface area contributed by atoms with Crippen LogP contribution < -0.4 is 5.32 Å². The molecule has 1 heterocycles. The van der Waals surface area contributed by atoms with Gasteiger partial charge in [-0.25, -0.2) is 0 Å². The summed E-state index contributed by atoms with van der Waals surface area (Å²) in [4.78, 5) is 5.43. The van der Waals surface area contributed by atoms with Gasteiger partial charge in [-0.3, -0.25) is 0 Å². The van der Waals surface area contributed by atoms with Crippen molar-refractivity contribution in [3.63, 3.8) is 0 Å². The summed E-state index contributed by atoms with van der Waals surface area (Å²) in [5.74, 6) is 0.982. The van der Waals surface area contributed by atoms with Gasteiger partial charge in [-0.1, -0.05) is 13.8 Å². The molecule has 1 aromatic rings. The van der Waals surface area contributed by atoms with E-state index in [9.17, 15) is 0 Å². The Bertz CT molecular complexity index is 380. The van der Waals surface area contributed by atoms with Crippen molar-refractivity contribution >= 4 is 11.3 Å². The Morgan fingerprint density at radius 1 is 1.44 bits per heavy atom. The highest BCUT2D eigenvalue weighted by atomic mass is 32.1. The SMILES string of the molecule is Cc1sc(CNC(C)C)cc1CN(C)CC1CC1. The molecule has 3 heteroatoms. The molecule has 0 aromatic carbocycles. The molecular weight excluding hydrogens is 240 g/mol. The molecule has 0 aliphatic heterocycles. The first-order valence-electron chi connectivity index (χ1n) is 7.04. The van der Waals surface area contributed by atoms with Gasteiger partial charge in [0.1, 0.15) is 0 Å². The quantitative estimate of drug-likeness (QED) is 0.814. The van der Waals surface area contributed by atoms with Gasteiger partial charge in [-0.2, -0.15) is 0 Å². The van der Waals surface area contributed by atoms with Crippen LogP contribution in [-0.2, 0) is 13.1 Å². The molecule has 18 heavy (non-hydrogen) atoms. The molecule has 2 nitrogen and oxygen atoms in total. The highest BCUT2D eigenvalue weighted by molar-refractivity contribution is 7.12. The van der Waals surface area contributed by atoms with Crippen LogP contribution in [0.15, 0.2) is 6.07 Å². The van der Waals surface area contributed by atoms with Crippen LogP contribution in [0, 0.1) is 12.8 Å². The van der Waals surface area contributed by atoms with Gasteiger partial charge in [0.25, 0.3) is 0 Å². The molecule has 0 radical (unpaired) electrons. The second-order valence-electron chi connectivity index (χ2n) is 5.97. The summed E-state index contributed by atoms with van der Waals surface area (Å²) in [5.41, 5.74) is 1.52. The maximum absolute atomic E-state index is 3.49. The number of aryl methyl sites for hydroxylation is 1. The molecule has 1 fully saturated rings. The molecule has 1 aromatic heterocycles. The average Bonchev–Trinajstić information content (AvgIpc) is 3.01. The lowest BCUT2D eigenvalue weighted by atomic mass is 10.2. The van der Waals surface area contributed by atoms with E-state index in [2.05, 4.69) is 44.1 Å². The van der Waals surface area contributed by atoms with Crippen LogP contribution in [0.25, 0.3) is 0 Å². The van der Waals surface area contributed by atoms with E-state index in [1.807, 2.05) is 11.3 Å². The van der Waals surface area contributed by atoms with Gasteiger partial charge in [0, 0.05) is 35.4 Å². The first-order chi connectivity index (χ1) is 8.54. The fraction of sp³-hybridized carbons (Fsp3) is 0.733. The van der Waals surface area contributed by atoms with Crippen LogP contribution >= 0.6 is 11.3 Å². The summed E-state index contributed by atoms with van der Waals surface area (Å²) in [7, 11) is 2.25. The molecule has 0 spiro atoms. The minimum atomic E-state index is 0.563. The highest BCUT2D eigenvalue weighted by Crippen LogP contribution is 2.30. The standard InChI is InChI=1S/C15H26N2S/c1-11(2)16-8-15-7-14(12(3)18-15)10-17(4)9-13-5-6-13/h7,11,13,16H,5-6,8-10H2,1-4H3. The van der Waals surface area contributed by atoms with E-state index in [1.54, 1.807) is 0 Å². The Morgan fingerprint density at radius 2 is 2.17 bits per heavy atom. The molecule has 0 amide bonds. The lowest BCUT2D eigenvalue weighted by Gasteiger charge is -2.15. The molecule has 0 bridgehead atoms. The van der Waals surface area contributed by atoms with Crippen molar-refractivity contribution in [3.05, 3.63) is 21.4 Å². The molecule has 2 rings (SSSR count). The van der Waals surface area contributed by atoms with E-state index in [0.29, 0.717) is 6.04 Å². The van der Waals surface area contributed by atoms with Gasteiger partial charge in [0.2, 0.25) is 0 Å². The Morgan fingerprint density at radius 3 is 2.78 bits per heavy atom. The van der Waals surface area contributed by atoms with Crippen molar-refractivity contribution in [3.8, 4) is 0 Å². The third-order valence-corrected chi connectivity index (χ3v) is 4.56. The second kappa shape index (κ2) is 6.18. The zero-order valence-electron chi connectivity index (χ0n) is 12.1. The minimum absolute atomic E-state index is 0.563. The predicted octanol–water partition coefficient (Wildman–Crippen LogP) is 3.40. The van der Waals surface area contributed by atoms with Crippen molar-refractivity contribution in [2.24, 2.45) is 5.92 Å². The fourth-order valence-corrected chi connectivity index (χ4v) is 3.24. The van der Waals surface area contributed by atoms with Crippen LogP contribution in [0.5, 0.6) is 0 Å². The van der Waals surface area contributed by atoms with Gasteiger partial charge >= 0.3 is 0 Å². The van der Waals surface area contributed by atoms with E-state index in [0.717, 1.165) is 19.0 Å². The van der Waals surface area contributed by atoms with Gasteiger partial charge < -0.3 is 10.2 Å². The normalized spacial score (nSPS) is 15.9. The van der Waals surface area contributed by atoms with E-state index < -0.39 is 0 Å². The third-order valence-electron chi connectivity index (χ3n) is 3.46. The number of rotatable bonds is 7. The van der Waals surface area contributed by atoms with Crippen molar-refractivity contribution in [1.82, 2.24) is 10.2 Å². The van der Waals surface area contributed by atoms with Crippen LogP contribution in [0.2, 0.25) is 0 Å². The summed E-state index contributed by atoms with van der Waals surface area (Å²) in [6.45, 7) is 10.0. The molecule has 1 aliphatic rings. The number of nitrogens with one attached hydrogen (secondary N) is 1. The summed E-state index contributed by atoms with van der Waals surface area (Å²) in [5, 5.41) is 3.49. The smallest absolute Gasteiger partial charge is 0.0302 e. The molecule has 1 saturated carbocycles. The van der Waals surface area contributed by atoms with E-state index in [-0.39, 0.29) is 0 Å². The van der Waals surface area contributed by atoms with Crippen molar-refractivity contribution < 1.29 is 0 Å². The monoisotopic (exact) mass is 266 g/mol. The molecule has 1 N–H and O–H groups in total. The van der Waals surface area contributed by atoms with Crippen molar-refractivity contribution in [2.75, 3.05) is 13.6 Å². The predicted molar refractivity (Wildman–Crippen MR) is 80.1 cm³/mol. The highest BCUT2D eigenvalue weighted by Gasteiger charge is 2.23. The average molecular weight is 266 g/mol. The third kappa shape index (κ3) is 4.38. The first-order valence-corrected chi connectivity index (χ1v) is 7.86. The maximum atomic E-state index is 3.49. The topological polar surface area (TPSA) is 15.3 Å². The number of thiophene rings is 1. The number of nitrogens with zero attached hydrogens (tertiary/aromatic N) is 1. The van der Waals surface area contributed by atoms with Crippen LogP contribution in [0.1, 0.15) is 42.0 Å². The van der Waals surface area contributed by atoms with Gasteiger partial charge in [0.05, 0.1) is 0 Å². The molecule has 0 unspecified atom stereocenters. The zero-order valence-corrected chi connectivity index (χ0v) is 12.9. The maximum Gasteiger partial charge on any atom is 0.0302 e. The van der Waals surface area contributed by atoms with E-state index in [4.69, 9.17) is 0 Å². The van der Waals surface area contributed by atoms with Crippen LogP contribution in [-0.4, -0.2) is 24.5 Å². The van der Waals surface area contributed by atoms with Crippen molar-refractivity contribution in [2.45, 2.75) is 52.7 Å². The van der Waals surface area contributed by atoms with E-state index in [1.165, 1.54) is 34.7 Å². The fourth-order valence-electron chi connectivity index (χ4n) is 2.23. The second-order valence-corrected chi connectivity index (χ2v) is 7.31. The Balaban J connectivity index is 1.86. The zero-order chi connectivity index (χ0) is 13.1. The van der Waals surface area contributed by atoms with Gasteiger partial charge in [-0.05, 0) is 44.4 Å². The Labute approximate surface area is 115 Å². The lowest BCUT2D eigenvalue weighted by molar-refractivity contribution is 0.313. The summed E-state index contributed by atoms with van der Waals surface area (Å²) < 4.78 is 0. The summed E-state index contributed by atoms with van der Waals surface area (Å²) >= 11 is 1.94. The van der Waals surface area contributed by atoms with E-state index >= 15 is 0 Å². The van der Waals surface area contributed by atoms with Gasteiger partial charge in [0.15, 0.2) is 0 Å². The number of hydrogen-bond donors (Lipinski definition) is 1. The summed E-state index contributed by atoms with van der Waals surface area (Å²) in [6.07, 6.45) is 2.88. The minimum Gasteiger partial charge on any atom is -0.310 e. The molecule has 102 valence electrons. The molecule has 0 saturated heterocycles. The van der Waals surface area contributed by atoms with Crippen LogP contribution in [0.3, 0.4) is 0 Å². The molecular formula is C15H26N2S.